The van der Waals surface area contributed by atoms with Gasteiger partial charge in [0.05, 0.1) is 12.2 Å². The first-order chi connectivity index (χ1) is 12.4. The summed E-state index contributed by atoms with van der Waals surface area (Å²) in [5, 5.41) is 2.75. The second-order valence-corrected chi connectivity index (χ2v) is 6.89. The number of carbonyl (C=O) groups is 2. The highest BCUT2D eigenvalue weighted by Crippen LogP contribution is 2.29. The molecule has 0 bridgehead atoms. The standard InChI is InChI=1S/C20H22BrNO4/c1-4-25-20(24)14-5-8-16(9-6-14)22-19(23)12-26-18-10-7-15(21)11-17(18)13(2)3/h5-11,13H,4,12H2,1-3H3,(H,22,23). The van der Waals surface area contributed by atoms with Gasteiger partial charge in [0.2, 0.25) is 0 Å². The molecule has 1 N–H and O–H groups in total. The van der Waals surface area contributed by atoms with Crippen molar-refractivity contribution in [2.75, 3.05) is 18.5 Å². The Hall–Kier alpha value is -2.34. The van der Waals surface area contributed by atoms with Gasteiger partial charge in [-0.25, -0.2) is 4.79 Å². The van der Waals surface area contributed by atoms with E-state index in [-0.39, 0.29) is 24.4 Å². The zero-order valence-corrected chi connectivity index (χ0v) is 16.6. The number of ether oxygens (including phenoxy) is 2. The van der Waals surface area contributed by atoms with E-state index in [2.05, 4.69) is 35.1 Å². The van der Waals surface area contributed by atoms with Crippen LogP contribution in [0.1, 0.15) is 42.6 Å². The lowest BCUT2D eigenvalue weighted by Gasteiger charge is -2.14. The molecule has 2 rings (SSSR count). The third kappa shape index (κ3) is 5.59. The number of anilines is 1. The molecule has 0 unspecified atom stereocenters. The molecule has 0 atom stereocenters. The van der Waals surface area contributed by atoms with Crippen LogP contribution in [0.15, 0.2) is 46.9 Å². The molecule has 0 spiro atoms. The number of esters is 1. The molecule has 0 saturated carbocycles. The van der Waals surface area contributed by atoms with E-state index in [0.29, 0.717) is 23.6 Å². The Morgan fingerprint density at radius 2 is 1.81 bits per heavy atom. The summed E-state index contributed by atoms with van der Waals surface area (Å²) >= 11 is 3.45. The Balaban J connectivity index is 1.94. The molecule has 5 nitrogen and oxygen atoms in total. The fraction of sp³-hybridized carbons (Fsp3) is 0.300. The van der Waals surface area contributed by atoms with Crippen LogP contribution in [0.4, 0.5) is 5.69 Å². The van der Waals surface area contributed by atoms with Gasteiger partial charge in [-0.15, -0.1) is 0 Å². The van der Waals surface area contributed by atoms with E-state index in [0.717, 1.165) is 10.0 Å². The molecule has 6 heteroatoms. The Kier molecular flexibility index (Phi) is 7.21. The average Bonchev–Trinajstić information content (AvgIpc) is 2.61. The summed E-state index contributed by atoms with van der Waals surface area (Å²) < 4.78 is 11.6. The minimum absolute atomic E-state index is 0.0962. The molecule has 2 aromatic carbocycles. The van der Waals surface area contributed by atoms with Crippen LogP contribution in [0.2, 0.25) is 0 Å². The number of carbonyl (C=O) groups excluding carboxylic acids is 2. The fourth-order valence-electron chi connectivity index (χ4n) is 2.35. The van der Waals surface area contributed by atoms with Gasteiger partial charge >= 0.3 is 5.97 Å². The summed E-state index contributed by atoms with van der Waals surface area (Å²) in [6.07, 6.45) is 0. The Labute approximate surface area is 161 Å². The van der Waals surface area contributed by atoms with Crippen molar-refractivity contribution in [2.24, 2.45) is 0 Å². The third-order valence-electron chi connectivity index (χ3n) is 3.63. The maximum Gasteiger partial charge on any atom is 0.338 e. The van der Waals surface area contributed by atoms with E-state index < -0.39 is 0 Å². The third-order valence-corrected chi connectivity index (χ3v) is 4.13. The quantitative estimate of drug-likeness (QED) is 0.656. The summed E-state index contributed by atoms with van der Waals surface area (Å²) in [4.78, 5) is 23.7. The highest BCUT2D eigenvalue weighted by Gasteiger charge is 2.11. The summed E-state index contributed by atoms with van der Waals surface area (Å²) in [6, 6.07) is 12.3. The molecule has 0 saturated heterocycles. The second-order valence-electron chi connectivity index (χ2n) is 5.97. The SMILES string of the molecule is CCOC(=O)c1ccc(NC(=O)COc2ccc(Br)cc2C(C)C)cc1. The first kappa shape index (κ1) is 20.0. The average molecular weight is 420 g/mol. The lowest BCUT2D eigenvalue weighted by Crippen LogP contribution is -2.20. The summed E-state index contributed by atoms with van der Waals surface area (Å²) in [5.41, 5.74) is 2.06. The summed E-state index contributed by atoms with van der Waals surface area (Å²) in [6.45, 7) is 6.12. The van der Waals surface area contributed by atoms with Gasteiger partial charge in [0.1, 0.15) is 5.75 Å². The molecule has 2 aromatic rings. The molecule has 0 aromatic heterocycles. The van der Waals surface area contributed by atoms with Crippen molar-refractivity contribution in [3.8, 4) is 5.75 Å². The largest absolute Gasteiger partial charge is 0.483 e. The van der Waals surface area contributed by atoms with Crippen molar-refractivity contribution in [1.82, 2.24) is 0 Å². The predicted molar refractivity (Wildman–Crippen MR) is 105 cm³/mol. The van der Waals surface area contributed by atoms with Crippen LogP contribution < -0.4 is 10.1 Å². The minimum atomic E-state index is -0.384. The van der Waals surface area contributed by atoms with Gasteiger partial charge in [0.25, 0.3) is 5.91 Å². The van der Waals surface area contributed by atoms with Crippen molar-refractivity contribution >= 4 is 33.5 Å². The van der Waals surface area contributed by atoms with E-state index in [9.17, 15) is 9.59 Å². The van der Waals surface area contributed by atoms with E-state index >= 15 is 0 Å². The van der Waals surface area contributed by atoms with E-state index in [1.54, 1.807) is 31.2 Å². The van der Waals surface area contributed by atoms with Crippen LogP contribution >= 0.6 is 15.9 Å². The summed E-state index contributed by atoms with van der Waals surface area (Å²) in [5.74, 6) is 0.314. The summed E-state index contributed by atoms with van der Waals surface area (Å²) in [7, 11) is 0. The van der Waals surface area contributed by atoms with E-state index in [4.69, 9.17) is 9.47 Å². The van der Waals surface area contributed by atoms with Gasteiger partial charge in [0, 0.05) is 10.2 Å². The minimum Gasteiger partial charge on any atom is -0.483 e. The zero-order valence-electron chi connectivity index (χ0n) is 15.0. The van der Waals surface area contributed by atoms with E-state index in [1.807, 2.05) is 18.2 Å². The van der Waals surface area contributed by atoms with Crippen LogP contribution in [-0.4, -0.2) is 25.1 Å². The highest BCUT2D eigenvalue weighted by atomic mass is 79.9. The Morgan fingerprint density at radius 1 is 1.12 bits per heavy atom. The van der Waals surface area contributed by atoms with Crippen molar-refractivity contribution < 1.29 is 19.1 Å². The second kappa shape index (κ2) is 9.38. The number of halogens is 1. The number of hydrogen-bond acceptors (Lipinski definition) is 4. The van der Waals surface area contributed by atoms with Crippen LogP contribution in [0.5, 0.6) is 5.75 Å². The zero-order chi connectivity index (χ0) is 19.1. The lowest BCUT2D eigenvalue weighted by molar-refractivity contribution is -0.118. The number of nitrogens with one attached hydrogen (secondary N) is 1. The van der Waals surface area contributed by atoms with Gasteiger partial charge in [-0.1, -0.05) is 29.8 Å². The normalized spacial score (nSPS) is 10.5. The smallest absolute Gasteiger partial charge is 0.338 e. The van der Waals surface area contributed by atoms with Crippen LogP contribution in [0.25, 0.3) is 0 Å². The molecular formula is C20H22BrNO4. The molecule has 1 amide bonds. The number of amides is 1. The van der Waals surface area contributed by atoms with Gasteiger partial charge in [-0.3, -0.25) is 4.79 Å². The van der Waals surface area contributed by atoms with Gasteiger partial charge in [0.15, 0.2) is 6.61 Å². The van der Waals surface area contributed by atoms with Gasteiger partial charge in [-0.2, -0.15) is 0 Å². The highest BCUT2D eigenvalue weighted by molar-refractivity contribution is 9.10. The number of hydrogen-bond donors (Lipinski definition) is 1. The maximum atomic E-state index is 12.1. The lowest BCUT2D eigenvalue weighted by atomic mass is 10.0. The molecule has 0 fully saturated rings. The molecule has 138 valence electrons. The number of rotatable bonds is 7. The Bertz CT molecular complexity index is 772. The fourth-order valence-corrected chi connectivity index (χ4v) is 2.73. The van der Waals surface area contributed by atoms with Crippen molar-refractivity contribution in [3.05, 3.63) is 58.1 Å². The monoisotopic (exact) mass is 419 g/mol. The number of benzene rings is 2. The first-order valence-corrected chi connectivity index (χ1v) is 9.19. The molecule has 0 aliphatic rings. The topological polar surface area (TPSA) is 64.6 Å². The first-order valence-electron chi connectivity index (χ1n) is 8.40. The van der Waals surface area contributed by atoms with Gasteiger partial charge < -0.3 is 14.8 Å². The van der Waals surface area contributed by atoms with Gasteiger partial charge in [-0.05, 0) is 60.9 Å². The van der Waals surface area contributed by atoms with Crippen molar-refractivity contribution in [1.29, 1.82) is 0 Å². The molecule has 0 aliphatic heterocycles. The van der Waals surface area contributed by atoms with Crippen LogP contribution in [-0.2, 0) is 9.53 Å². The molecule has 26 heavy (non-hydrogen) atoms. The van der Waals surface area contributed by atoms with E-state index in [1.165, 1.54) is 0 Å². The predicted octanol–water partition coefficient (Wildman–Crippen LogP) is 4.77. The maximum absolute atomic E-state index is 12.1. The molecule has 0 aliphatic carbocycles. The molecular weight excluding hydrogens is 398 g/mol. The molecule has 0 radical (unpaired) electrons. The van der Waals surface area contributed by atoms with Crippen molar-refractivity contribution in [2.45, 2.75) is 26.7 Å². The molecule has 0 heterocycles. The van der Waals surface area contributed by atoms with Crippen LogP contribution in [0, 0.1) is 0 Å². The van der Waals surface area contributed by atoms with Crippen molar-refractivity contribution in [3.63, 3.8) is 0 Å². The van der Waals surface area contributed by atoms with Crippen LogP contribution in [0.3, 0.4) is 0 Å². The Morgan fingerprint density at radius 3 is 2.42 bits per heavy atom.